The van der Waals surface area contributed by atoms with Gasteiger partial charge in [-0.1, -0.05) is 18.2 Å². The molecule has 27 heavy (non-hydrogen) atoms. The number of hydrogen-bond acceptors (Lipinski definition) is 7. The zero-order chi connectivity index (χ0) is 19.6. The van der Waals surface area contributed by atoms with Gasteiger partial charge in [-0.3, -0.25) is 14.9 Å². The number of carbonyl (C=O) groups excluding carboxylic acids is 1. The number of Topliss-reactive ketones (excluding diaryl/α,β-unsaturated/α-hetero) is 1. The van der Waals surface area contributed by atoms with E-state index in [2.05, 4.69) is 0 Å². The molecule has 0 aliphatic rings. The second kappa shape index (κ2) is 7.29. The molecular weight excluding hydrogens is 390 g/mol. The first kappa shape index (κ1) is 18.7. The number of rotatable bonds is 6. The van der Waals surface area contributed by atoms with E-state index >= 15 is 0 Å². The molecule has 0 aliphatic heterocycles. The molecule has 0 atom stereocenters. The van der Waals surface area contributed by atoms with Crippen LogP contribution in [0.15, 0.2) is 64.9 Å². The third-order valence-corrected chi connectivity index (χ3v) is 5.82. The molecule has 0 saturated heterocycles. The van der Waals surface area contributed by atoms with Crippen molar-refractivity contribution in [1.82, 2.24) is 0 Å². The molecule has 0 amide bonds. The van der Waals surface area contributed by atoms with Crippen LogP contribution in [0.2, 0.25) is 0 Å². The Kier molecular flexibility index (Phi) is 5.06. The fourth-order valence-electron chi connectivity index (χ4n) is 2.37. The lowest BCUT2D eigenvalue weighted by atomic mass is 10.1. The maximum absolute atomic E-state index is 12.7. The predicted molar refractivity (Wildman–Crippen MR) is 101 cm³/mol. The highest BCUT2D eigenvalue weighted by Crippen LogP contribution is 2.37. The number of carbonyl (C=O) groups is 1. The fourth-order valence-corrected chi connectivity index (χ4v) is 4.11. The van der Waals surface area contributed by atoms with E-state index in [1.807, 2.05) is 0 Å². The van der Waals surface area contributed by atoms with E-state index in [4.69, 9.17) is 4.18 Å². The van der Waals surface area contributed by atoms with Crippen LogP contribution in [0.3, 0.4) is 0 Å². The van der Waals surface area contributed by atoms with Crippen molar-refractivity contribution >= 4 is 32.9 Å². The van der Waals surface area contributed by atoms with Gasteiger partial charge in [0, 0.05) is 28.1 Å². The smallest absolute Gasteiger partial charge is 0.339 e. The zero-order valence-electron chi connectivity index (χ0n) is 14.0. The van der Waals surface area contributed by atoms with Crippen molar-refractivity contribution in [3.05, 3.63) is 75.7 Å². The minimum atomic E-state index is -4.23. The Morgan fingerprint density at radius 2 is 1.89 bits per heavy atom. The lowest BCUT2D eigenvalue weighted by Gasteiger charge is -2.11. The lowest BCUT2D eigenvalue weighted by Crippen LogP contribution is -2.11. The van der Waals surface area contributed by atoms with E-state index in [1.165, 1.54) is 60.7 Å². The molecular formula is C18H13NO6S2. The van der Waals surface area contributed by atoms with E-state index in [0.29, 0.717) is 10.4 Å². The number of nitro benzene ring substituents is 1. The molecule has 0 aliphatic carbocycles. The lowest BCUT2D eigenvalue weighted by molar-refractivity contribution is -0.384. The number of thiophene rings is 1. The van der Waals surface area contributed by atoms with E-state index in [-0.39, 0.29) is 27.7 Å². The summed E-state index contributed by atoms with van der Waals surface area (Å²) in [6.45, 7) is 1.33. The maximum Gasteiger partial charge on any atom is 0.339 e. The van der Waals surface area contributed by atoms with Crippen molar-refractivity contribution in [2.45, 2.75) is 11.8 Å². The predicted octanol–water partition coefficient (Wildman–Crippen LogP) is 4.29. The summed E-state index contributed by atoms with van der Waals surface area (Å²) in [5.74, 6) is -0.307. The van der Waals surface area contributed by atoms with Crippen LogP contribution in [0, 0.1) is 10.1 Å². The summed E-state index contributed by atoms with van der Waals surface area (Å²) in [7, 11) is -4.23. The van der Waals surface area contributed by atoms with Gasteiger partial charge in [-0.15, -0.1) is 11.3 Å². The molecule has 0 N–H and O–H groups in total. The standard InChI is InChI=1S/C18H13NO6S2/c1-12(20)13-4-2-5-15(10-13)27(23,24)25-17-8-7-14(19(21)22)11-16(17)18-6-3-9-26-18/h2-11H,1H3. The summed E-state index contributed by atoms with van der Waals surface area (Å²) >= 11 is 1.30. The largest absolute Gasteiger partial charge is 0.378 e. The van der Waals surface area contributed by atoms with Crippen LogP contribution in [0.4, 0.5) is 5.69 Å². The molecule has 7 nitrogen and oxygen atoms in total. The molecule has 2 aromatic carbocycles. The molecule has 0 bridgehead atoms. The van der Waals surface area contributed by atoms with Gasteiger partial charge in [0.2, 0.25) is 0 Å². The normalized spacial score (nSPS) is 11.1. The molecule has 3 aromatic rings. The Labute approximate surface area is 159 Å². The highest BCUT2D eigenvalue weighted by molar-refractivity contribution is 7.87. The molecule has 3 rings (SSSR count). The number of non-ortho nitro benzene ring substituents is 1. The average molecular weight is 403 g/mol. The molecule has 0 radical (unpaired) electrons. The second-order valence-corrected chi connectivity index (χ2v) is 8.03. The average Bonchev–Trinajstić information content (AvgIpc) is 3.16. The molecule has 0 saturated carbocycles. The number of ketones is 1. The first-order valence-electron chi connectivity index (χ1n) is 7.66. The molecule has 1 heterocycles. The van der Waals surface area contributed by atoms with Crippen LogP contribution in [-0.2, 0) is 10.1 Å². The van der Waals surface area contributed by atoms with Gasteiger partial charge in [-0.25, -0.2) is 0 Å². The van der Waals surface area contributed by atoms with E-state index in [1.54, 1.807) is 17.5 Å². The van der Waals surface area contributed by atoms with Crippen LogP contribution >= 0.6 is 11.3 Å². The van der Waals surface area contributed by atoms with Gasteiger partial charge in [0.05, 0.1) is 4.92 Å². The van der Waals surface area contributed by atoms with Crippen molar-refractivity contribution in [3.8, 4) is 16.2 Å². The number of hydrogen-bond donors (Lipinski definition) is 0. The summed E-state index contributed by atoms with van der Waals surface area (Å²) < 4.78 is 30.6. The summed E-state index contributed by atoms with van der Waals surface area (Å²) in [5.41, 5.74) is 0.356. The summed E-state index contributed by atoms with van der Waals surface area (Å²) in [6, 6.07) is 12.6. The van der Waals surface area contributed by atoms with Crippen LogP contribution in [0.1, 0.15) is 17.3 Å². The molecule has 0 fully saturated rings. The molecule has 9 heteroatoms. The third-order valence-electron chi connectivity index (χ3n) is 3.69. The van der Waals surface area contributed by atoms with Crippen LogP contribution in [-0.4, -0.2) is 19.1 Å². The molecule has 0 spiro atoms. The van der Waals surface area contributed by atoms with Crippen LogP contribution in [0.5, 0.6) is 5.75 Å². The Morgan fingerprint density at radius 1 is 1.11 bits per heavy atom. The topological polar surface area (TPSA) is 104 Å². The van der Waals surface area contributed by atoms with Crippen LogP contribution < -0.4 is 4.18 Å². The van der Waals surface area contributed by atoms with Gasteiger partial charge >= 0.3 is 10.1 Å². The number of benzene rings is 2. The van der Waals surface area contributed by atoms with Gasteiger partial charge in [0.25, 0.3) is 5.69 Å². The van der Waals surface area contributed by atoms with Crippen molar-refractivity contribution in [1.29, 1.82) is 0 Å². The SMILES string of the molecule is CC(=O)c1cccc(S(=O)(=O)Oc2ccc([N+](=O)[O-])cc2-c2cccs2)c1. The number of nitro groups is 1. The second-order valence-electron chi connectivity index (χ2n) is 5.54. The maximum atomic E-state index is 12.7. The van der Waals surface area contributed by atoms with Crippen molar-refractivity contribution in [3.63, 3.8) is 0 Å². The highest BCUT2D eigenvalue weighted by atomic mass is 32.2. The molecule has 0 unspecified atom stereocenters. The van der Waals surface area contributed by atoms with Crippen molar-refractivity contribution < 1.29 is 22.3 Å². The fraction of sp³-hybridized carbons (Fsp3) is 0.0556. The minimum absolute atomic E-state index is 0.0312. The Bertz CT molecular complexity index is 1120. The van der Waals surface area contributed by atoms with E-state index in [0.717, 1.165) is 0 Å². The van der Waals surface area contributed by atoms with Crippen LogP contribution in [0.25, 0.3) is 10.4 Å². The zero-order valence-corrected chi connectivity index (χ0v) is 15.6. The van der Waals surface area contributed by atoms with E-state index < -0.39 is 15.0 Å². The quantitative estimate of drug-likeness (QED) is 0.263. The van der Waals surface area contributed by atoms with Gasteiger partial charge < -0.3 is 4.18 Å². The first-order valence-corrected chi connectivity index (χ1v) is 9.94. The molecule has 1 aromatic heterocycles. The van der Waals surface area contributed by atoms with E-state index in [9.17, 15) is 23.3 Å². The summed E-state index contributed by atoms with van der Waals surface area (Å²) in [6.07, 6.45) is 0. The Hall–Kier alpha value is -3.04. The summed E-state index contributed by atoms with van der Waals surface area (Å²) in [4.78, 5) is 22.4. The minimum Gasteiger partial charge on any atom is -0.378 e. The molecule has 138 valence electrons. The monoisotopic (exact) mass is 403 g/mol. The van der Waals surface area contributed by atoms with Crippen molar-refractivity contribution in [2.24, 2.45) is 0 Å². The van der Waals surface area contributed by atoms with Gasteiger partial charge in [0.1, 0.15) is 4.90 Å². The Balaban J connectivity index is 2.05. The van der Waals surface area contributed by atoms with Crippen molar-refractivity contribution in [2.75, 3.05) is 0 Å². The van der Waals surface area contributed by atoms with Gasteiger partial charge in [-0.2, -0.15) is 8.42 Å². The first-order chi connectivity index (χ1) is 12.8. The highest BCUT2D eigenvalue weighted by Gasteiger charge is 2.22. The number of nitrogens with zero attached hydrogens (tertiary/aromatic N) is 1. The third kappa shape index (κ3) is 4.04. The Morgan fingerprint density at radius 3 is 2.52 bits per heavy atom. The summed E-state index contributed by atoms with van der Waals surface area (Å²) in [5, 5.41) is 12.8. The van der Waals surface area contributed by atoms with Gasteiger partial charge in [0.15, 0.2) is 11.5 Å². The van der Waals surface area contributed by atoms with Gasteiger partial charge in [-0.05, 0) is 36.6 Å².